The minimum atomic E-state index is -3.14. The van der Waals surface area contributed by atoms with Gasteiger partial charge in [0.1, 0.15) is 5.75 Å². The number of aliphatic carboxylic acids is 1. The predicted molar refractivity (Wildman–Crippen MR) is 49.8 cm³/mol. The highest BCUT2D eigenvalue weighted by atomic mass is 32.2. The van der Waals surface area contributed by atoms with Crippen LogP contribution < -0.4 is 0 Å². The van der Waals surface area contributed by atoms with Gasteiger partial charge in [0.25, 0.3) is 0 Å². The molecule has 1 N–H and O–H groups in total. The van der Waals surface area contributed by atoms with E-state index in [0.29, 0.717) is 0 Å². The maximum atomic E-state index is 10.9. The van der Waals surface area contributed by atoms with E-state index in [1.807, 2.05) is 0 Å². The number of sulfone groups is 1. The maximum absolute atomic E-state index is 10.9. The van der Waals surface area contributed by atoms with Crippen molar-refractivity contribution in [2.45, 2.75) is 6.92 Å². The lowest BCUT2D eigenvalue weighted by Gasteiger charge is -1.99. The van der Waals surface area contributed by atoms with Crippen LogP contribution in [0.5, 0.6) is 0 Å². The molecule has 0 heterocycles. The van der Waals surface area contributed by atoms with E-state index in [4.69, 9.17) is 5.11 Å². The van der Waals surface area contributed by atoms with Crippen LogP contribution in [0.4, 0.5) is 0 Å². The third-order valence-electron chi connectivity index (χ3n) is 1.35. The Morgan fingerprint density at radius 2 is 2.00 bits per heavy atom. The number of rotatable bonds is 6. The molecule has 5 nitrogen and oxygen atoms in total. The van der Waals surface area contributed by atoms with Crippen LogP contribution in [-0.2, 0) is 25.4 Å². The summed E-state index contributed by atoms with van der Waals surface area (Å²) in [5, 5.41) is 8.23. The van der Waals surface area contributed by atoms with E-state index < -0.39 is 32.4 Å². The molecule has 0 spiro atoms. The molecular weight excluding hydrogens is 216 g/mol. The third-order valence-corrected chi connectivity index (χ3v) is 4.54. The number of hydrogen-bond donors (Lipinski definition) is 1. The Morgan fingerprint density at radius 3 is 2.38 bits per heavy atom. The predicted octanol–water partition coefficient (Wildman–Crippen LogP) is -0.746. The summed E-state index contributed by atoms with van der Waals surface area (Å²) in [5.74, 6) is -1.96. The zero-order chi connectivity index (χ0) is 10.5. The highest BCUT2D eigenvalue weighted by Gasteiger charge is 2.12. The smallest absolute Gasteiger partial charge is 0.316 e. The first-order valence-electron chi connectivity index (χ1n) is 3.64. The lowest BCUT2D eigenvalue weighted by atomic mass is 10.8. The van der Waals surface area contributed by atoms with Crippen LogP contribution >= 0.6 is 0 Å². The van der Waals surface area contributed by atoms with Crippen LogP contribution in [0.3, 0.4) is 0 Å². The first kappa shape index (κ1) is 12.6. The maximum Gasteiger partial charge on any atom is 0.316 e. The van der Waals surface area contributed by atoms with E-state index in [2.05, 4.69) is 0 Å². The van der Waals surface area contributed by atoms with Crippen LogP contribution in [0.15, 0.2) is 0 Å². The largest absolute Gasteiger partial charge is 0.481 e. The highest BCUT2D eigenvalue weighted by molar-refractivity contribution is 7.93. The Hall–Kier alpha value is -0.430. The summed E-state index contributed by atoms with van der Waals surface area (Å²) in [5.41, 5.74) is 0. The second-order valence-electron chi connectivity index (χ2n) is 2.42. The minimum absolute atomic E-state index is 0.00271. The molecule has 13 heavy (non-hydrogen) atoms. The van der Waals surface area contributed by atoms with Crippen molar-refractivity contribution < 1.29 is 22.5 Å². The topological polar surface area (TPSA) is 88.5 Å². The SMILES string of the molecule is CCS(=O)(=O)CCS(=O)CC(=O)O. The average Bonchev–Trinajstić information content (AvgIpc) is 2.00. The van der Waals surface area contributed by atoms with E-state index in [9.17, 15) is 17.4 Å². The highest BCUT2D eigenvalue weighted by Crippen LogP contribution is 1.92. The average molecular weight is 228 g/mol. The standard InChI is InChI=1S/C6H12O5S2/c1-2-13(10,11)4-3-12(9)5-6(7)8/h2-5H2,1H3,(H,7,8). The van der Waals surface area contributed by atoms with Crippen molar-refractivity contribution in [3.8, 4) is 0 Å². The molecule has 78 valence electrons. The normalized spacial score (nSPS) is 13.9. The van der Waals surface area contributed by atoms with Crippen LogP contribution in [-0.4, -0.2) is 46.7 Å². The third kappa shape index (κ3) is 6.71. The summed E-state index contributed by atoms with van der Waals surface area (Å²) in [6, 6.07) is 0. The molecular formula is C6H12O5S2. The van der Waals surface area contributed by atoms with Gasteiger partial charge in [-0.05, 0) is 0 Å². The second-order valence-corrected chi connectivity index (χ2v) is 6.47. The van der Waals surface area contributed by atoms with Crippen molar-refractivity contribution in [1.82, 2.24) is 0 Å². The summed E-state index contributed by atoms with van der Waals surface area (Å²) in [6.07, 6.45) is 0. The van der Waals surface area contributed by atoms with Gasteiger partial charge >= 0.3 is 5.97 Å². The van der Waals surface area contributed by atoms with Crippen molar-refractivity contribution >= 4 is 26.6 Å². The summed E-state index contributed by atoms with van der Waals surface area (Å²) in [6.45, 7) is 1.50. The molecule has 0 aromatic carbocycles. The summed E-state index contributed by atoms with van der Waals surface area (Å²) in [7, 11) is -4.71. The molecule has 0 rings (SSSR count). The van der Waals surface area contributed by atoms with Crippen LogP contribution in [0.1, 0.15) is 6.92 Å². The molecule has 0 bridgehead atoms. The number of carboxylic acids is 1. The fourth-order valence-corrected chi connectivity index (χ4v) is 3.04. The molecule has 0 fully saturated rings. The van der Waals surface area contributed by atoms with Crippen LogP contribution in [0.25, 0.3) is 0 Å². The minimum Gasteiger partial charge on any atom is -0.481 e. The summed E-state index contributed by atoms with van der Waals surface area (Å²) in [4.78, 5) is 10.1. The second kappa shape index (κ2) is 5.33. The molecule has 0 aromatic heterocycles. The molecule has 1 atom stereocenters. The van der Waals surface area contributed by atoms with Crippen molar-refractivity contribution in [3.05, 3.63) is 0 Å². The molecule has 1 unspecified atom stereocenters. The fourth-order valence-electron chi connectivity index (χ4n) is 0.574. The van der Waals surface area contributed by atoms with Gasteiger partial charge in [-0.25, -0.2) is 8.42 Å². The number of carboxylic acid groups (broad SMARTS) is 1. The van der Waals surface area contributed by atoms with E-state index in [1.165, 1.54) is 6.92 Å². The Bertz CT molecular complexity index is 292. The van der Waals surface area contributed by atoms with Gasteiger partial charge in [0.2, 0.25) is 0 Å². The molecule has 0 amide bonds. The number of hydrogen-bond acceptors (Lipinski definition) is 4. The van der Waals surface area contributed by atoms with Gasteiger partial charge in [0.05, 0.1) is 5.75 Å². The molecule has 0 saturated carbocycles. The van der Waals surface area contributed by atoms with Gasteiger partial charge in [0.15, 0.2) is 9.84 Å². The molecule has 0 aliphatic rings. The Morgan fingerprint density at radius 1 is 1.46 bits per heavy atom. The zero-order valence-electron chi connectivity index (χ0n) is 7.23. The van der Waals surface area contributed by atoms with Gasteiger partial charge < -0.3 is 5.11 Å². The summed E-state index contributed by atoms with van der Waals surface area (Å²) >= 11 is 0. The van der Waals surface area contributed by atoms with Crippen LogP contribution in [0.2, 0.25) is 0 Å². The van der Waals surface area contributed by atoms with E-state index >= 15 is 0 Å². The summed E-state index contributed by atoms with van der Waals surface area (Å²) < 4.78 is 32.7. The van der Waals surface area contributed by atoms with E-state index in [-0.39, 0.29) is 17.3 Å². The molecule has 0 saturated heterocycles. The molecule has 0 radical (unpaired) electrons. The van der Waals surface area contributed by atoms with Crippen molar-refractivity contribution in [3.63, 3.8) is 0 Å². The lowest BCUT2D eigenvalue weighted by molar-refractivity contribution is -0.133. The zero-order valence-corrected chi connectivity index (χ0v) is 8.86. The van der Waals surface area contributed by atoms with E-state index in [1.54, 1.807) is 0 Å². The Balaban J connectivity index is 3.91. The molecule has 7 heteroatoms. The molecule has 0 aliphatic carbocycles. The van der Waals surface area contributed by atoms with Gasteiger partial charge in [-0.15, -0.1) is 0 Å². The first-order chi connectivity index (χ1) is 5.87. The Labute approximate surface area is 79.5 Å². The molecule has 0 aliphatic heterocycles. The molecule has 0 aromatic rings. The first-order valence-corrected chi connectivity index (χ1v) is 6.95. The quantitative estimate of drug-likeness (QED) is 0.646. The number of carbonyl (C=O) groups is 1. The van der Waals surface area contributed by atoms with Gasteiger partial charge in [0, 0.05) is 22.3 Å². The Kier molecular flexibility index (Phi) is 5.16. The van der Waals surface area contributed by atoms with Crippen molar-refractivity contribution in [2.24, 2.45) is 0 Å². The van der Waals surface area contributed by atoms with Crippen LogP contribution in [0, 0.1) is 0 Å². The van der Waals surface area contributed by atoms with Gasteiger partial charge in [-0.3, -0.25) is 9.00 Å². The van der Waals surface area contributed by atoms with Gasteiger partial charge in [-0.2, -0.15) is 0 Å². The van der Waals surface area contributed by atoms with E-state index in [0.717, 1.165) is 0 Å². The lowest BCUT2D eigenvalue weighted by Crippen LogP contribution is -2.19. The monoisotopic (exact) mass is 228 g/mol. The van der Waals surface area contributed by atoms with Crippen molar-refractivity contribution in [2.75, 3.05) is 23.0 Å². The van der Waals surface area contributed by atoms with Crippen molar-refractivity contribution in [1.29, 1.82) is 0 Å². The van der Waals surface area contributed by atoms with Gasteiger partial charge in [-0.1, -0.05) is 6.92 Å². The fraction of sp³-hybridized carbons (Fsp3) is 0.833.